The molecule has 2 unspecified atom stereocenters. The number of carbonyl (C=O) groups excluding carboxylic acids is 1. The van der Waals surface area contributed by atoms with Crippen LogP contribution < -0.4 is 10.2 Å². The minimum atomic E-state index is -0.523. The molecule has 0 bridgehead atoms. The van der Waals surface area contributed by atoms with Gasteiger partial charge in [-0.2, -0.15) is 0 Å². The van der Waals surface area contributed by atoms with Gasteiger partial charge in [0, 0.05) is 31.9 Å². The molecule has 4 rings (SSSR count). The number of anilines is 1. The van der Waals surface area contributed by atoms with Gasteiger partial charge in [-0.1, -0.05) is 54.6 Å². The summed E-state index contributed by atoms with van der Waals surface area (Å²) in [6.07, 6.45) is 4.03. The SMILES string of the molecule is CC(C)(C)OC(=O)NC1c2ccccc2C=CC1N1CCN(c2ccccc2)CC1. The molecule has 1 aliphatic carbocycles. The fourth-order valence-corrected chi connectivity index (χ4v) is 4.29. The van der Waals surface area contributed by atoms with Gasteiger partial charge in [0.05, 0.1) is 12.1 Å². The minimum Gasteiger partial charge on any atom is -0.444 e. The maximum atomic E-state index is 12.6. The number of hydrogen-bond donors (Lipinski definition) is 1. The lowest BCUT2D eigenvalue weighted by molar-refractivity contribution is 0.0470. The molecule has 1 saturated heterocycles. The molecule has 2 aromatic carbocycles. The molecule has 1 heterocycles. The summed E-state index contributed by atoms with van der Waals surface area (Å²) in [5.74, 6) is 0. The Labute approximate surface area is 179 Å². The largest absolute Gasteiger partial charge is 0.444 e. The second-order valence-electron chi connectivity index (χ2n) is 8.96. The van der Waals surface area contributed by atoms with E-state index in [4.69, 9.17) is 4.74 Å². The summed E-state index contributed by atoms with van der Waals surface area (Å²) in [7, 11) is 0. The van der Waals surface area contributed by atoms with Crippen molar-refractivity contribution >= 4 is 17.9 Å². The number of rotatable bonds is 3. The third-order valence-electron chi connectivity index (χ3n) is 5.68. The number of amides is 1. The van der Waals surface area contributed by atoms with E-state index in [9.17, 15) is 4.79 Å². The highest BCUT2D eigenvalue weighted by Crippen LogP contribution is 2.32. The maximum Gasteiger partial charge on any atom is 0.408 e. The monoisotopic (exact) mass is 405 g/mol. The van der Waals surface area contributed by atoms with Crippen molar-refractivity contribution in [2.45, 2.75) is 38.5 Å². The summed E-state index contributed by atoms with van der Waals surface area (Å²) < 4.78 is 5.57. The van der Waals surface area contributed by atoms with E-state index in [0.717, 1.165) is 37.3 Å². The molecule has 0 spiro atoms. The number of alkyl carbamates (subject to hydrolysis) is 1. The molecule has 2 atom stereocenters. The quantitative estimate of drug-likeness (QED) is 0.818. The Bertz CT molecular complexity index is 896. The van der Waals surface area contributed by atoms with E-state index in [-0.39, 0.29) is 18.2 Å². The summed E-state index contributed by atoms with van der Waals surface area (Å²) in [6.45, 7) is 9.49. The second kappa shape index (κ2) is 8.52. The molecule has 1 amide bonds. The summed E-state index contributed by atoms with van der Waals surface area (Å²) in [6, 6.07) is 18.8. The third-order valence-corrected chi connectivity index (χ3v) is 5.68. The van der Waals surface area contributed by atoms with E-state index in [1.165, 1.54) is 5.69 Å². The van der Waals surface area contributed by atoms with E-state index >= 15 is 0 Å². The van der Waals surface area contributed by atoms with Gasteiger partial charge in [0.25, 0.3) is 0 Å². The number of nitrogens with one attached hydrogen (secondary N) is 1. The van der Waals surface area contributed by atoms with Gasteiger partial charge < -0.3 is 15.0 Å². The number of nitrogens with zero attached hydrogens (tertiary/aromatic N) is 2. The zero-order valence-electron chi connectivity index (χ0n) is 18.0. The van der Waals surface area contributed by atoms with Crippen molar-refractivity contribution in [3.63, 3.8) is 0 Å². The zero-order chi connectivity index (χ0) is 21.1. The van der Waals surface area contributed by atoms with Crippen LogP contribution in [0.2, 0.25) is 0 Å². The maximum absolute atomic E-state index is 12.6. The number of benzene rings is 2. The van der Waals surface area contributed by atoms with Gasteiger partial charge in [-0.25, -0.2) is 4.79 Å². The van der Waals surface area contributed by atoms with Crippen LogP contribution in [0.25, 0.3) is 6.08 Å². The van der Waals surface area contributed by atoms with E-state index in [1.54, 1.807) is 0 Å². The first-order valence-corrected chi connectivity index (χ1v) is 10.7. The van der Waals surface area contributed by atoms with Crippen LogP contribution >= 0.6 is 0 Å². The van der Waals surface area contributed by atoms with Crippen molar-refractivity contribution in [3.05, 3.63) is 71.8 Å². The highest BCUT2D eigenvalue weighted by Gasteiger charge is 2.34. The number of para-hydroxylation sites is 1. The lowest BCUT2D eigenvalue weighted by Gasteiger charge is -2.43. The number of ether oxygens (including phenoxy) is 1. The Balaban J connectivity index is 1.50. The van der Waals surface area contributed by atoms with Crippen molar-refractivity contribution in [2.24, 2.45) is 0 Å². The molecule has 2 aliphatic rings. The predicted molar refractivity (Wildman–Crippen MR) is 122 cm³/mol. The molecule has 5 nitrogen and oxygen atoms in total. The van der Waals surface area contributed by atoms with E-state index < -0.39 is 5.60 Å². The average Bonchev–Trinajstić information content (AvgIpc) is 2.73. The van der Waals surface area contributed by atoms with Crippen LogP contribution in [0.4, 0.5) is 10.5 Å². The van der Waals surface area contributed by atoms with E-state index in [0.29, 0.717) is 0 Å². The highest BCUT2D eigenvalue weighted by atomic mass is 16.6. The molecular weight excluding hydrogens is 374 g/mol. The standard InChI is InChI=1S/C25H31N3O2/c1-25(2,3)30-24(29)26-23-21-12-8-7-9-19(21)13-14-22(23)28-17-15-27(16-18-28)20-10-5-4-6-11-20/h4-14,22-23H,15-18H2,1-3H3,(H,26,29). The first kappa shape index (κ1) is 20.5. The molecule has 0 radical (unpaired) electrons. The number of fused-ring (bicyclic) bond motifs is 1. The lowest BCUT2D eigenvalue weighted by atomic mass is 9.88. The Morgan fingerprint density at radius 2 is 1.63 bits per heavy atom. The second-order valence-corrected chi connectivity index (χ2v) is 8.96. The first-order chi connectivity index (χ1) is 14.4. The van der Waals surface area contributed by atoms with Gasteiger partial charge in [0.2, 0.25) is 0 Å². The Morgan fingerprint density at radius 3 is 2.33 bits per heavy atom. The van der Waals surface area contributed by atoms with Gasteiger partial charge in [-0.15, -0.1) is 0 Å². The summed E-state index contributed by atoms with van der Waals surface area (Å²) >= 11 is 0. The zero-order valence-corrected chi connectivity index (χ0v) is 18.0. The fourth-order valence-electron chi connectivity index (χ4n) is 4.29. The molecule has 158 valence electrons. The lowest BCUT2D eigenvalue weighted by Crippen LogP contribution is -2.54. The summed E-state index contributed by atoms with van der Waals surface area (Å²) in [5, 5.41) is 3.15. The Kier molecular flexibility index (Phi) is 5.82. The first-order valence-electron chi connectivity index (χ1n) is 10.7. The number of hydrogen-bond acceptors (Lipinski definition) is 4. The molecule has 5 heteroatoms. The third kappa shape index (κ3) is 4.68. The van der Waals surface area contributed by atoms with Crippen LogP contribution in [0.3, 0.4) is 0 Å². The number of piperazine rings is 1. The van der Waals surface area contributed by atoms with Crippen LogP contribution in [0.1, 0.15) is 37.9 Å². The van der Waals surface area contributed by atoms with Gasteiger partial charge >= 0.3 is 6.09 Å². The van der Waals surface area contributed by atoms with Crippen LogP contribution in [-0.4, -0.2) is 48.8 Å². The number of carbonyl (C=O) groups is 1. The normalized spacial score (nSPS) is 21.8. The summed E-state index contributed by atoms with van der Waals surface area (Å²) in [5.41, 5.74) is 3.04. The molecule has 0 saturated carbocycles. The van der Waals surface area contributed by atoms with Crippen molar-refractivity contribution in [3.8, 4) is 0 Å². The van der Waals surface area contributed by atoms with Gasteiger partial charge in [-0.05, 0) is 44.0 Å². The van der Waals surface area contributed by atoms with Crippen LogP contribution in [0.15, 0.2) is 60.7 Å². The molecule has 1 aliphatic heterocycles. The van der Waals surface area contributed by atoms with Gasteiger partial charge in [0.15, 0.2) is 0 Å². The average molecular weight is 406 g/mol. The predicted octanol–water partition coefficient (Wildman–Crippen LogP) is 4.47. The Hall–Kier alpha value is -2.79. The fraction of sp³-hybridized carbons (Fsp3) is 0.400. The van der Waals surface area contributed by atoms with Crippen LogP contribution in [0.5, 0.6) is 0 Å². The molecular formula is C25H31N3O2. The van der Waals surface area contributed by atoms with Crippen molar-refractivity contribution in [1.82, 2.24) is 10.2 Å². The molecule has 1 fully saturated rings. The molecule has 0 aromatic heterocycles. The van der Waals surface area contributed by atoms with Gasteiger partial charge in [-0.3, -0.25) is 4.90 Å². The smallest absolute Gasteiger partial charge is 0.408 e. The topological polar surface area (TPSA) is 44.8 Å². The highest BCUT2D eigenvalue weighted by molar-refractivity contribution is 5.70. The van der Waals surface area contributed by atoms with E-state index in [2.05, 4.69) is 69.7 Å². The molecule has 30 heavy (non-hydrogen) atoms. The van der Waals surface area contributed by atoms with E-state index in [1.807, 2.05) is 32.9 Å². The van der Waals surface area contributed by atoms with Gasteiger partial charge in [0.1, 0.15) is 5.60 Å². The van der Waals surface area contributed by atoms with Crippen molar-refractivity contribution in [1.29, 1.82) is 0 Å². The van der Waals surface area contributed by atoms with Crippen molar-refractivity contribution < 1.29 is 9.53 Å². The minimum absolute atomic E-state index is 0.102. The van der Waals surface area contributed by atoms with Crippen molar-refractivity contribution in [2.75, 3.05) is 31.1 Å². The van der Waals surface area contributed by atoms with Crippen LogP contribution in [0, 0.1) is 0 Å². The molecule has 2 aromatic rings. The Morgan fingerprint density at radius 1 is 0.967 bits per heavy atom. The molecule has 1 N–H and O–H groups in total. The van der Waals surface area contributed by atoms with Crippen LogP contribution in [-0.2, 0) is 4.74 Å². The summed E-state index contributed by atoms with van der Waals surface area (Å²) in [4.78, 5) is 17.5.